The van der Waals surface area contributed by atoms with Crippen molar-refractivity contribution in [2.45, 2.75) is 36.5 Å². The van der Waals surface area contributed by atoms with Crippen molar-refractivity contribution >= 4 is 12.6 Å². The second kappa shape index (κ2) is 10.1. The molecule has 0 spiro atoms. The van der Waals surface area contributed by atoms with Gasteiger partial charge in [0.2, 0.25) is 0 Å². The van der Waals surface area contributed by atoms with E-state index in [9.17, 15) is 0 Å². The first-order valence-corrected chi connectivity index (χ1v) is 9.47. The maximum absolute atomic E-state index is 6.21. The highest BCUT2D eigenvalue weighted by molar-refractivity contribution is 7.80. The van der Waals surface area contributed by atoms with Crippen LogP contribution in [-0.4, -0.2) is 50.7 Å². The lowest BCUT2D eigenvalue weighted by Crippen LogP contribution is -2.60. The molecule has 0 aromatic heterocycles. The van der Waals surface area contributed by atoms with Crippen LogP contribution in [0, 0.1) is 0 Å². The summed E-state index contributed by atoms with van der Waals surface area (Å²) in [5, 5.41) is 0. The average molecular weight is 391 g/mol. The van der Waals surface area contributed by atoms with E-state index in [1.54, 1.807) is 14.2 Å². The van der Waals surface area contributed by atoms with E-state index in [1.807, 2.05) is 60.7 Å². The molecule has 5 atom stereocenters. The average Bonchev–Trinajstić information content (AvgIpc) is 2.71. The third-order valence-electron chi connectivity index (χ3n) is 4.56. The van der Waals surface area contributed by atoms with Crippen molar-refractivity contribution in [2.75, 3.05) is 20.8 Å². The summed E-state index contributed by atoms with van der Waals surface area (Å²) in [6, 6.07) is 19.6. The molecule has 5 nitrogen and oxygen atoms in total. The molecule has 146 valence electrons. The lowest BCUT2D eigenvalue weighted by Gasteiger charge is -2.43. The molecule has 0 saturated carbocycles. The molecule has 0 radical (unpaired) electrons. The second-order valence-corrected chi connectivity index (χ2v) is 6.87. The van der Waals surface area contributed by atoms with E-state index in [1.165, 1.54) is 0 Å². The van der Waals surface area contributed by atoms with E-state index in [0.717, 1.165) is 11.3 Å². The van der Waals surface area contributed by atoms with E-state index < -0.39 is 5.44 Å². The van der Waals surface area contributed by atoms with Crippen LogP contribution in [0.25, 0.3) is 0 Å². The van der Waals surface area contributed by atoms with Gasteiger partial charge in [-0.25, -0.2) is 0 Å². The van der Waals surface area contributed by atoms with Crippen LogP contribution in [0.5, 0.6) is 5.75 Å². The molecule has 1 heterocycles. The molecule has 3 rings (SSSR count). The Morgan fingerprint density at radius 2 is 1.48 bits per heavy atom. The zero-order chi connectivity index (χ0) is 19.1. The molecular formula is C21H26O5S. The van der Waals surface area contributed by atoms with E-state index in [0.29, 0.717) is 13.2 Å². The SMILES string of the molecule is CO[C@@H]1[C@@H](OC)[C@H](S)O[C@H](COCc2ccccc2)[C@H]1Oc1ccccc1. The van der Waals surface area contributed by atoms with Crippen LogP contribution in [0.15, 0.2) is 60.7 Å². The summed E-state index contributed by atoms with van der Waals surface area (Å²) >= 11 is 4.53. The zero-order valence-corrected chi connectivity index (χ0v) is 16.5. The smallest absolute Gasteiger partial charge is 0.156 e. The van der Waals surface area contributed by atoms with Crippen LogP contribution < -0.4 is 4.74 Å². The molecule has 2 aromatic rings. The van der Waals surface area contributed by atoms with Crippen LogP contribution in [0.2, 0.25) is 0 Å². The minimum absolute atomic E-state index is 0.336. The fourth-order valence-electron chi connectivity index (χ4n) is 3.21. The minimum atomic E-state index is -0.430. The normalized spacial score (nSPS) is 28.0. The summed E-state index contributed by atoms with van der Waals surface area (Å²) in [6.07, 6.45) is -1.41. The van der Waals surface area contributed by atoms with Gasteiger partial charge in [0.25, 0.3) is 0 Å². The number of hydrogen-bond acceptors (Lipinski definition) is 6. The summed E-state index contributed by atoms with van der Waals surface area (Å²) in [5.74, 6) is 0.744. The predicted octanol–water partition coefficient (Wildman–Crippen LogP) is 3.34. The van der Waals surface area contributed by atoms with Crippen molar-refractivity contribution in [3.8, 4) is 5.75 Å². The van der Waals surface area contributed by atoms with Gasteiger partial charge in [0.15, 0.2) is 6.10 Å². The van der Waals surface area contributed by atoms with Crippen molar-refractivity contribution in [3.05, 3.63) is 66.2 Å². The van der Waals surface area contributed by atoms with Gasteiger partial charge < -0.3 is 23.7 Å². The molecule has 2 aromatic carbocycles. The lowest BCUT2D eigenvalue weighted by atomic mass is 9.99. The van der Waals surface area contributed by atoms with Gasteiger partial charge in [-0.1, -0.05) is 48.5 Å². The number of benzene rings is 2. The summed E-state index contributed by atoms with van der Waals surface area (Å²) in [5.41, 5.74) is 0.676. The number of thiol groups is 1. The fourth-order valence-corrected chi connectivity index (χ4v) is 3.66. The Morgan fingerprint density at radius 3 is 2.11 bits per heavy atom. The molecule has 1 fully saturated rings. The minimum Gasteiger partial charge on any atom is -0.485 e. The third kappa shape index (κ3) is 5.24. The van der Waals surface area contributed by atoms with Gasteiger partial charge in [0.1, 0.15) is 29.5 Å². The number of ether oxygens (including phenoxy) is 5. The van der Waals surface area contributed by atoms with Gasteiger partial charge in [-0.2, -0.15) is 0 Å². The highest BCUT2D eigenvalue weighted by Crippen LogP contribution is 2.30. The first kappa shape index (κ1) is 20.2. The van der Waals surface area contributed by atoms with Gasteiger partial charge in [0.05, 0.1) is 13.2 Å². The summed E-state index contributed by atoms with van der Waals surface area (Å²) < 4.78 is 29.4. The summed E-state index contributed by atoms with van der Waals surface area (Å²) in [4.78, 5) is 0. The first-order chi connectivity index (χ1) is 13.2. The Morgan fingerprint density at radius 1 is 0.852 bits per heavy atom. The van der Waals surface area contributed by atoms with Crippen molar-refractivity contribution < 1.29 is 23.7 Å². The van der Waals surface area contributed by atoms with Crippen molar-refractivity contribution in [1.82, 2.24) is 0 Å². The molecule has 0 unspecified atom stereocenters. The van der Waals surface area contributed by atoms with E-state index in [4.69, 9.17) is 23.7 Å². The molecule has 0 N–H and O–H groups in total. The van der Waals surface area contributed by atoms with Crippen LogP contribution in [0.4, 0.5) is 0 Å². The van der Waals surface area contributed by atoms with Crippen molar-refractivity contribution in [1.29, 1.82) is 0 Å². The second-order valence-electron chi connectivity index (χ2n) is 6.36. The standard InChI is InChI=1S/C21H26O5S/c1-22-19-18(25-16-11-7-4-8-12-16)17(26-21(27)20(19)23-2)14-24-13-15-9-5-3-6-10-15/h3-12,17-21,27H,13-14H2,1-2H3/t17-,18-,19+,20-,21+/m1/s1. The number of rotatable bonds is 8. The molecule has 1 saturated heterocycles. The Kier molecular flexibility index (Phi) is 7.55. The monoisotopic (exact) mass is 390 g/mol. The van der Waals surface area contributed by atoms with Crippen LogP contribution in [-0.2, 0) is 25.6 Å². The maximum atomic E-state index is 6.21. The molecule has 1 aliphatic heterocycles. The first-order valence-electron chi connectivity index (χ1n) is 8.95. The summed E-state index contributed by atoms with van der Waals surface area (Å²) in [6.45, 7) is 0.862. The van der Waals surface area contributed by atoms with E-state index >= 15 is 0 Å². The van der Waals surface area contributed by atoms with Crippen LogP contribution in [0.3, 0.4) is 0 Å². The quantitative estimate of drug-likeness (QED) is 0.701. The molecule has 0 aliphatic carbocycles. The zero-order valence-electron chi connectivity index (χ0n) is 15.6. The van der Waals surface area contributed by atoms with Gasteiger partial charge >= 0.3 is 0 Å². The topological polar surface area (TPSA) is 46.2 Å². The van der Waals surface area contributed by atoms with Crippen molar-refractivity contribution in [2.24, 2.45) is 0 Å². The van der Waals surface area contributed by atoms with Crippen molar-refractivity contribution in [3.63, 3.8) is 0 Å². The predicted molar refractivity (Wildman–Crippen MR) is 106 cm³/mol. The van der Waals surface area contributed by atoms with Gasteiger partial charge in [-0.05, 0) is 17.7 Å². The van der Waals surface area contributed by atoms with Crippen LogP contribution in [0.1, 0.15) is 5.56 Å². The molecule has 0 bridgehead atoms. The molecule has 27 heavy (non-hydrogen) atoms. The lowest BCUT2D eigenvalue weighted by molar-refractivity contribution is -0.216. The fraction of sp³-hybridized carbons (Fsp3) is 0.429. The maximum Gasteiger partial charge on any atom is 0.156 e. The van der Waals surface area contributed by atoms with Gasteiger partial charge in [-0.15, -0.1) is 12.6 Å². The largest absolute Gasteiger partial charge is 0.485 e. The number of para-hydroxylation sites is 1. The Labute approximate surface area is 165 Å². The Bertz CT molecular complexity index is 669. The van der Waals surface area contributed by atoms with Crippen LogP contribution >= 0.6 is 12.6 Å². The third-order valence-corrected chi connectivity index (χ3v) is 4.98. The molecule has 0 amide bonds. The number of methoxy groups -OCH3 is 2. The Balaban J connectivity index is 1.71. The van der Waals surface area contributed by atoms with E-state index in [-0.39, 0.29) is 24.4 Å². The number of hydrogen-bond donors (Lipinski definition) is 1. The van der Waals surface area contributed by atoms with Gasteiger partial charge in [0, 0.05) is 14.2 Å². The summed E-state index contributed by atoms with van der Waals surface area (Å²) in [7, 11) is 3.26. The van der Waals surface area contributed by atoms with Gasteiger partial charge in [-0.3, -0.25) is 0 Å². The molecule has 1 aliphatic rings. The molecular weight excluding hydrogens is 364 g/mol. The van der Waals surface area contributed by atoms with E-state index in [2.05, 4.69) is 12.6 Å². The molecule has 6 heteroatoms. The Hall–Kier alpha value is -1.57. The highest BCUT2D eigenvalue weighted by atomic mass is 32.1. The highest BCUT2D eigenvalue weighted by Gasteiger charge is 2.47.